The molecule has 0 unspecified atom stereocenters. The molecule has 0 fully saturated rings. The minimum Gasteiger partial charge on any atom is -0.308 e. The number of benzene rings is 10. The van der Waals surface area contributed by atoms with Crippen molar-refractivity contribution < 1.29 is 26.3 Å². The van der Waals surface area contributed by atoms with Crippen molar-refractivity contribution in [1.29, 1.82) is 47.4 Å². The summed E-state index contributed by atoms with van der Waals surface area (Å²) < 4.78 is 97.2. The molecule has 0 N–H and O–H groups in total. The molecule has 10 aromatic carbocycles. The zero-order valence-electron chi connectivity index (χ0n) is 44.9. The first-order valence-electron chi connectivity index (χ1n) is 26.3. The molecule has 0 atom stereocenters. The van der Waals surface area contributed by atoms with Gasteiger partial charge in [0, 0.05) is 27.1 Å². The second-order valence-electron chi connectivity index (χ2n) is 20.3. The highest BCUT2D eigenvalue weighted by atomic mass is 19.4. The lowest BCUT2D eigenvalue weighted by atomic mass is 9.91. The fraction of sp³-hybridized carbons (Fsp3) is 0.0282. The van der Waals surface area contributed by atoms with Crippen molar-refractivity contribution >= 4 is 43.6 Å². The van der Waals surface area contributed by atoms with Gasteiger partial charge in [-0.25, -0.2) is 0 Å². The van der Waals surface area contributed by atoms with Crippen molar-refractivity contribution in [2.75, 3.05) is 0 Å². The van der Waals surface area contributed by atoms with Crippen LogP contribution in [0.1, 0.15) is 61.2 Å². The molecule has 0 bridgehead atoms. The highest BCUT2D eigenvalue weighted by Crippen LogP contribution is 2.49. The molecule has 0 radical (unpaired) electrons. The summed E-state index contributed by atoms with van der Waals surface area (Å²) in [5.41, 5.74) is -1.08. The van der Waals surface area contributed by atoms with Crippen LogP contribution in [0.5, 0.6) is 0 Å². The predicted octanol–water partition coefficient (Wildman–Crippen LogP) is 17.1. The Kier molecular flexibility index (Phi) is 13.3. The first-order valence-corrected chi connectivity index (χ1v) is 26.3. The minimum atomic E-state index is -5.41. The third kappa shape index (κ3) is 9.12. The smallest absolute Gasteiger partial charge is 0.308 e. The van der Waals surface area contributed by atoms with Gasteiger partial charge in [0.05, 0.1) is 138 Å². The summed E-state index contributed by atoms with van der Waals surface area (Å²) in [6.45, 7) is 0. The van der Waals surface area contributed by atoms with Gasteiger partial charge < -0.3 is 9.13 Å². The molecule has 12 aromatic rings. The van der Waals surface area contributed by atoms with Crippen molar-refractivity contribution in [3.8, 4) is 122 Å². The van der Waals surface area contributed by atoms with Gasteiger partial charge in [0.1, 0.15) is 11.6 Å². The Morgan fingerprint density at radius 1 is 0.284 bits per heavy atom. The van der Waals surface area contributed by atoms with E-state index in [1.165, 1.54) is 57.7 Å². The Morgan fingerprint density at radius 3 is 0.807 bits per heavy atom. The van der Waals surface area contributed by atoms with Crippen molar-refractivity contribution in [2.24, 2.45) is 0 Å². The van der Waals surface area contributed by atoms with E-state index in [1.54, 1.807) is 97.1 Å². The van der Waals surface area contributed by atoms with Crippen LogP contribution in [0.4, 0.5) is 26.3 Å². The summed E-state index contributed by atoms with van der Waals surface area (Å²) in [4.78, 5) is 0. The van der Waals surface area contributed by atoms with Gasteiger partial charge in [-0.05, 0) is 147 Å². The van der Waals surface area contributed by atoms with Crippen LogP contribution in [0.15, 0.2) is 176 Å². The number of nitriles is 9. The molecule has 0 spiro atoms. The van der Waals surface area contributed by atoms with Crippen molar-refractivity contribution in [3.63, 3.8) is 0 Å². The van der Waals surface area contributed by atoms with Gasteiger partial charge in [0.2, 0.25) is 0 Å². The summed E-state index contributed by atoms with van der Waals surface area (Å²) in [6, 6.07) is 60.7. The fourth-order valence-corrected chi connectivity index (χ4v) is 11.6. The monoisotopic (exact) mass is 1150 g/mol. The van der Waals surface area contributed by atoms with E-state index in [2.05, 4.69) is 30.3 Å². The molecule has 2 aromatic heterocycles. The Bertz CT molecular complexity index is 4910. The summed E-state index contributed by atoms with van der Waals surface area (Å²) in [7, 11) is 0. The van der Waals surface area contributed by atoms with Crippen molar-refractivity contribution in [3.05, 3.63) is 237 Å². The topological polar surface area (TPSA) is 224 Å². The Hall–Kier alpha value is -13.2. The van der Waals surface area contributed by atoms with E-state index < -0.39 is 34.6 Å². The molecule has 11 nitrogen and oxygen atoms in total. The summed E-state index contributed by atoms with van der Waals surface area (Å²) >= 11 is 0. The van der Waals surface area contributed by atoms with Gasteiger partial charge in [-0.1, -0.05) is 78.9 Å². The molecule has 0 aliphatic heterocycles. The molecule has 12 rings (SSSR count). The Balaban J connectivity index is 1.30. The van der Waals surface area contributed by atoms with Crippen LogP contribution in [0.25, 0.3) is 111 Å². The molecule has 0 saturated carbocycles. The van der Waals surface area contributed by atoms with Gasteiger partial charge in [0.15, 0.2) is 0 Å². The average Bonchev–Trinajstić information content (AvgIpc) is 1.82. The van der Waals surface area contributed by atoms with Crippen LogP contribution in [-0.4, -0.2) is 9.13 Å². The standard InChI is InChI=1S/C71H29F6N11/c72-70(73,74)61-2-1-3-62(71(75,76)77)69(61)47-28-67(87-63-24-43(52-12-4-39(30-78)20-48(52)34-82)8-16-56(63)57-17-9-44(25-64(57)87)53-13-5-40(31-79)21-49(53)35-83)60(38-86)68(29-47)88-65-26-45(54-14-6-41(32-80)22-50(54)36-84)10-18-58(65)59-19-11-46(27-66(59)88)55-15-7-42(33-81)23-51(55)37-85/h1-29H. The molecule has 0 amide bonds. The largest absolute Gasteiger partial charge is 0.417 e. The van der Waals surface area contributed by atoms with Crippen LogP contribution in [0.3, 0.4) is 0 Å². The summed E-state index contributed by atoms with van der Waals surface area (Å²) in [5, 5.41) is 94.6. The maximum Gasteiger partial charge on any atom is 0.417 e. The molecule has 410 valence electrons. The van der Waals surface area contributed by atoms with Crippen molar-refractivity contribution in [2.45, 2.75) is 12.4 Å². The van der Waals surface area contributed by atoms with Crippen molar-refractivity contribution in [1.82, 2.24) is 9.13 Å². The second-order valence-corrected chi connectivity index (χ2v) is 20.3. The van der Waals surface area contributed by atoms with Crippen LogP contribution in [-0.2, 0) is 12.4 Å². The van der Waals surface area contributed by atoms with E-state index >= 15 is 26.3 Å². The quantitative estimate of drug-likeness (QED) is 0.138. The fourth-order valence-electron chi connectivity index (χ4n) is 11.6. The van der Waals surface area contributed by atoms with Gasteiger partial charge in [-0.15, -0.1) is 0 Å². The summed E-state index contributed by atoms with van der Waals surface area (Å²) in [5.74, 6) is 0. The molecule has 2 heterocycles. The SMILES string of the molecule is N#Cc1ccc(-c2ccc3c4ccc(-c5ccc(C#N)cc5C#N)cc4n(-c4cc(-c5c(C(F)(F)F)cccc5C(F)(F)F)cc(-n5c6cc(-c7ccc(C#N)cc7C#N)ccc6c6ccc(-c7ccc(C#N)cc7C#N)cc65)c4C#N)c3c2)c(C#N)c1. The molecule has 0 aliphatic rings. The zero-order chi connectivity index (χ0) is 61.9. The number of nitrogens with zero attached hydrogens (tertiary/aromatic N) is 11. The van der Waals surface area contributed by atoms with E-state index in [0.717, 1.165) is 12.1 Å². The molecule has 0 aliphatic carbocycles. The third-order valence-corrected chi connectivity index (χ3v) is 15.5. The highest BCUT2D eigenvalue weighted by molar-refractivity contribution is 6.14. The number of rotatable bonds is 7. The number of alkyl halides is 6. The Morgan fingerprint density at radius 2 is 0.568 bits per heavy atom. The molecular formula is C71H29F6N11. The lowest BCUT2D eigenvalue weighted by molar-refractivity contribution is -0.142. The van der Waals surface area contributed by atoms with Gasteiger partial charge in [-0.2, -0.15) is 73.7 Å². The molecule has 88 heavy (non-hydrogen) atoms. The lowest BCUT2D eigenvalue weighted by Crippen LogP contribution is -2.15. The van der Waals surface area contributed by atoms with E-state index in [0.29, 0.717) is 84.3 Å². The number of hydrogen-bond donors (Lipinski definition) is 0. The first-order chi connectivity index (χ1) is 42.5. The van der Waals surface area contributed by atoms with Gasteiger partial charge in [0.25, 0.3) is 0 Å². The zero-order valence-corrected chi connectivity index (χ0v) is 44.9. The van der Waals surface area contributed by atoms with Crippen LogP contribution in [0.2, 0.25) is 0 Å². The molecule has 17 heteroatoms. The average molecular weight is 1150 g/mol. The lowest BCUT2D eigenvalue weighted by Gasteiger charge is -2.23. The minimum absolute atomic E-state index is 0.0922. The number of halogens is 6. The maximum atomic E-state index is 15.7. The van der Waals surface area contributed by atoms with E-state index in [4.69, 9.17) is 0 Å². The number of fused-ring (bicyclic) bond motifs is 6. The van der Waals surface area contributed by atoms with Crippen LogP contribution in [0, 0.1) is 102 Å². The second kappa shape index (κ2) is 21.2. The van der Waals surface area contributed by atoms with E-state index in [-0.39, 0.29) is 83.5 Å². The van der Waals surface area contributed by atoms with Gasteiger partial charge in [-0.3, -0.25) is 0 Å². The number of hydrogen-bond acceptors (Lipinski definition) is 9. The normalized spacial score (nSPS) is 11.2. The van der Waals surface area contributed by atoms with Gasteiger partial charge >= 0.3 is 12.4 Å². The predicted molar refractivity (Wildman–Crippen MR) is 315 cm³/mol. The first kappa shape index (κ1) is 55.3. The highest BCUT2D eigenvalue weighted by Gasteiger charge is 2.42. The Labute approximate surface area is 495 Å². The molecular weight excluding hydrogens is 1120 g/mol. The number of aromatic nitrogens is 2. The van der Waals surface area contributed by atoms with Crippen LogP contribution >= 0.6 is 0 Å². The summed E-state index contributed by atoms with van der Waals surface area (Å²) in [6.07, 6.45) is -10.8. The third-order valence-electron chi connectivity index (χ3n) is 15.5. The maximum absolute atomic E-state index is 15.7. The van der Waals surface area contributed by atoms with E-state index in [9.17, 15) is 47.4 Å². The van der Waals surface area contributed by atoms with Crippen LogP contribution < -0.4 is 0 Å². The molecule has 0 saturated heterocycles. The van der Waals surface area contributed by atoms with E-state index in [1.807, 2.05) is 24.3 Å².